The van der Waals surface area contributed by atoms with Crippen molar-refractivity contribution < 1.29 is 9.84 Å². The Labute approximate surface area is 166 Å². The lowest BCUT2D eigenvalue weighted by Crippen LogP contribution is -2.51. The Bertz CT molecular complexity index is 1180. The number of pyridine rings is 2. The highest BCUT2D eigenvalue weighted by Crippen LogP contribution is 2.39. The lowest BCUT2D eigenvalue weighted by Gasteiger charge is -2.37. The van der Waals surface area contributed by atoms with Crippen molar-refractivity contribution >= 4 is 39.2 Å². The van der Waals surface area contributed by atoms with Gasteiger partial charge in [0.1, 0.15) is 11.6 Å². The number of fused-ring (bicyclic) bond motifs is 2. The predicted molar refractivity (Wildman–Crippen MR) is 111 cm³/mol. The first-order valence-corrected chi connectivity index (χ1v) is 9.67. The monoisotopic (exact) mass is 394 g/mol. The minimum atomic E-state index is -0.335. The number of aliphatic hydroxyl groups is 1. The van der Waals surface area contributed by atoms with Gasteiger partial charge in [0.2, 0.25) is 5.88 Å². The molecule has 0 atom stereocenters. The van der Waals surface area contributed by atoms with Crippen LogP contribution < -0.4 is 9.64 Å². The molecular formula is C21H19ClN4O2. The zero-order chi connectivity index (χ0) is 19.3. The van der Waals surface area contributed by atoms with Gasteiger partial charge in [-0.05, 0) is 30.7 Å². The molecule has 0 aliphatic carbocycles. The topological polar surface area (TPSA) is 74.3 Å². The van der Waals surface area contributed by atoms with E-state index in [0.717, 1.165) is 39.7 Å². The fraction of sp³-hybridized carbons (Fsp3) is 0.238. The summed E-state index contributed by atoms with van der Waals surface area (Å²) < 4.78 is 6.07. The molecule has 6 nitrogen and oxygen atoms in total. The van der Waals surface area contributed by atoms with Crippen LogP contribution in [0.1, 0.15) is 12.6 Å². The maximum atomic E-state index is 9.73. The highest BCUT2D eigenvalue weighted by atomic mass is 35.5. The number of H-pyrrole nitrogens is 1. The third-order valence-corrected chi connectivity index (χ3v) is 5.48. The predicted octanol–water partition coefficient (Wildman–Crippen LogP) is 4.30. The lowest BCUT2D eigenvalue weighted by atomic mass is 10.1. The number of nitrogens with zero attached hydrogens (tertiary/aromatic N) is 3. The van der Waals surface area contributed by atoms with Gasteiger partial charge >= 0.3 is 0 Å². The Morgan fingerprint density at radius 2 is 2.14 bits per heavy atom. The summed E-state index contributed by atoms with van der Waals surface area (Å²) in [5.74, 6) is 1.91. The Morgan fingerprint density at radius 1 is 1.29 bits per heavy atom. The number of aryl methyl sites for hydroxylation is 1. The average molecular weight is 395 g/mol. The fourth-order valence-corrected chi connectivity index (χ4v) is 3.95. The summed E-state index contributed by atoms with van der Waals surface area (Å²) >= 11 is 6.59. The van der Waals surface area contributed by atoms with Gasteiger partial charge in [-0.1, -0.05) is 24.6 Å². The Balaban J connectivity index is 1.58. The molecule has 1 aliphatic heterocycles. The summed E-state index contributed by atoms with van der Waals surface area (Å²) in [6.45, 7) is 3.13. The summed E-state index contributed by atoms with van der Waals surface area (Å²) in [5.41, 5.74) is 2.76. The maximum Gasteiger partial charge on any atom is 0.223 e. The highest BCUT2D eigenvalue weighted by molar-refractivity contribution is 6.37. The fourth-order valence-electron chi connectivity index (χ4n) is 3.58. The molecule has 1 saturated heterocycles. The molecule has 4 aromatic rings. The number of anilines is 1. The standard InChI is InChI=1S/C21H19ClN4O2/c1-2-15-20(22)19-17(24-15)9-18(25-21(19)26-10-13(27)11-26)28-14-5-6-16-12(8-14)4-3-7-23-16/h3-9,13,24,27H,2,10-11H2,1H3. The molecule has 0 unspecified atom stereocenters. The smallest absolute Gasteiger partial charge is 0.223 e. The van der Waals surface area contributed by atoms with Crippen LogP contribution in [-0.2, 0) is 6.42 Å². The number of hydrogen-bond donors (Lipinski definition) is 2. The number of β-amino-alcohol motifs (C(OH)–C–C–N with tert-alkyl or cyclic N) is 1. The minimum Gasteiger partial charge on any atom is -0.439 e. The van der Waals surface area contributed by atoms with E-state index in [1.807, 2.05) is 41.3 Å². The first-order chi connectivity index (χ1) is 13.6. The summed E-state index contributed by atoms with van der Waals surface area (Å²) in [4.78, 5) is 14.4. The van der Waals surface area contributed by atoms with Crippen molar-refractivity contribution in [3.63, 3.8) is 0 Å². The summed E-state index contributed by atoms with van der Waals surface area (Å²) in [5, 5.41) is 12.3. The van der Waals surface area contributed by atoms with Crippen LogP contribution in [0.25, 0.3) is 21.8 Å². The van der Waals surface area contributed by atoms with Crippen molar-refractivity contribution in [3.8, 4) is 11.6 Å². The molecule has 28 heavy (non-hydrogen) atoms. The number of hydrogen-bond acceptors (Lipinski definition) is 5. The number of aromatic amines is 1. The van der Waals surface area contributed by atoms with E-state index in [9.17, 15) is 5.11 Å². The molecule has 1 aliphatic rings. The van der Waals surface area contributed by atoms with Crippen LogP contribution in [0.5, 0.6) is 11.6 Å². The van der Waals surface area contributed by atoms with Gasteiger partial charge in [0, 0.05) is 36.4 Å². The maximum absolute atomic E-state index is 9.73. The molecule has 3 aromatic heterocycles. The molecule has 0 amide bonds. The van der Waals surface area contributed by atoms with E-state index in [0.29, 0.717) is 29.7 Å². The quantitative estimate of drug-likeness (QED) is 0.539. The number of aromatic nitrogens is 3. The van der Waals surface area contributed by atoms with Gasteiger partial charge in [-0.15, -0.1) is 0 Å². The van der Waals surface area contributed by atoms with E-state index in [4.69, 9.17) is 21.3 Å². The van der Waals surface area contributed by atoms with E-state index < -0.39 is 0 Å². The van der Waals surface area contributed by atoms with Crippen molar-refractivity contribution in [2.75, 3.05) is 18.0 Å². The largest absolute Gasteiger partial charge is 0.439 e. The van der Waals surface area contributed by atoms with Crippen LogP contribution in [0, 0.1) is 0 Å². The molecule has 0 bridgehead atoms. The lowest BCUT2D eigenvalue weighted by molar-refractivity contribution is 0.141. The molecule has 4 heterocycles. The van der Waals surface area contributed by atoms with Gasteiger partial charge in [0.15, 0.2) is 0 Å². The second-order valence-corrected chi connectivity index (χ2v) is 7.37. The van der Waals surface area contributed by atoms with Crippen LogP contribution in [0.15, 0.2) is 42.6 Å². The van der Waals surface area contributed by atoms with E-state index in [2.05, 4.69) is 16.9 Å². The molecule has 0 spiro atoms. The van der Waals surface area contributed by atoms with E-state index in [-0.39, 0.29) is 6.10 Å². The first kappa shape index (κ1) is 17.3. The van der Waals surface area contributed by atoms with Crippen LogP contribution in [0.2, 0.25) is 5.02 Å². The highest BCUT2D eigenvalue weighted by Gasteiger charge is 2.29. The first-order valence-electron chi connectivity index (χ1n) is 9.29. The average Bonchev–Trinajstić information content (AvgIpc) is 3.00. The molecule has 0 saturated carbocycles. The van der Waals surface area contributed by atoms with Crippen LogP contribution >= 0.6 is 11.6 Å². The molecular weight excluding hydrogens is 376 g/mol. The van der Waals surface area contributed by atoms with Gasteiger partial charge in [0.25, 0.3) is 0 Å². The Morgan fingerprint density at radius 3 is 2.93 bits per heavy atom. The van der Waals surface area contributed by atoms with Crippen LogP contribution in [0.4, 0.5) is 5.82 Å². The molecule has 2 N–H and O–H groups in total. The van der Waals surface area contributed by atoms with Gasteiger partial charge in [-0.2, -0.15) is 4.98 Å². The minimum absolute atomic E-state index is 0.335. The van der Waals surface area contributed by atoms with Gasteiger partial charge in [0.05, 0.1) is 27.5 Å². The van der Waals surface area contributed by atoms with Crippen molar-refractivity contribution in [2.24, 2.45) is 0 Å². The molecule has 142 valence electrons. The van der Waals surface area contributed by atoms with Gasteiger partial charge in [-0.25, -0.2) is 0 Å². The third-order valence-electron chi connectivity index (χ3n) is 5.06. The summed E-state index contributed by atoms with van der Waals surface area (Å²) in [6.07, 6.45) is 2.23. The molecule has 5 rings (SSSR count). The SMILES string of the molecule is CCc1[nH]c2cc(Oc3ccc4ncccc4c3)nc(N3CC(O)C3)c2c1Cl. The number of benzene rings is 1. The van der Waals surface area contributed by atoms with E-state index >= 15 is 0 Å². The van der Waals surface area contributed by atoms with Crippen molar-refractivity contribution in [1.82, 2.24) is 15.0 Å². The normalized spacial score (nSPS) is 14.6. The summed E-state index contributed by atoms with van der Waals surface area (Å²) in [6, 6.07) is 11.5. The van der Waals surface area contributed by atoms with Crippen LogP contribution in [0.3, 0.4) is 0 Å². The molecule has 1 aromatic carbocycles. The Kier molecular flexibility index (Phi) is 4.10. The van der Waals surface area contributed by atoms with Crippen molar-refractivity contribution in [2.45, 2.75) is 19.4 Å². The van der Waals surface area contributed by atoms with Gasteiger partial charge in [-0.3, -0.25) is 4.98 Å². The number of nitrogens with one attached hydrogen (secondary N) is 1. The second-order valence-electron chi connectivity index (χ2n) is 7.00. The number of rotatable bonds is 4. The van der Waals surface area contributed by atoms with Crippen molar-refractivity contribution in [1.29, 1.82) is 0 Å². The molecule has 0 radical (unpaired) electrons. The molecule has 1 fully saturated rings. The van der Waals surface area contributed by atoms with Crippen LogP contribution in [-0.4, -0.2) is 39.3 Å². The summed E-state index contributed by atoms with van der Waals surface area (Å²) in [7, 11) is 0. The number of halogens is 1. The van der Waals surface area contributed by atoms with Gasteiger partial charge < -0.3 is 19.7 Å². The number of ether oxygens (including phenoxy) is 1. The van der Waals surface area contributed by atoms with Crippen molar-refractivity contribution in [3.05, 3.63) is 53.3 Å². The number of aliphatic hydroxyl groups excluding tert-OH is 1. The van der Waals surface area contributed by atoms with E-state index in [1.54, 1.807) is 6.20 Å². The Hall–Kier alpha value is -2.83. The third kappa shape index (κ3) is 2.85. The molecule has 7 heteroatoms. The zero-order valence-electron chi connectivity index (χ0n) is 15.3. The van der Waals surface area contributed by atoms with E-state index in [1.165, 1.54) is 0 Å². The second kappa shape index (κ2) is 6.65. The zero-order valence-corrected chi connectivity index (χ0v) is 16.1.